The van der Waals surface area contributed by atoms with Gasteiger partial charge in [-0.05, 0) is 51.1 Å². The first kappa shape index (κ1) is 26.3. The van der Waals surface area contributed by atoms with Gasteiger partial charge in [-0.3, -0.25) is 33.8 Å². The summed E-state index contributed by atoms with van der Waals surface area (Å²) in [5.41, 5.74) is -0.791. The Morgan fingerprint density at radius 2 is 1.65 bits per heavy atom. The molecule has 4 rings (SSSR count). The maximum absolute atomic E-state index is 13.0. The average molecular weight is 556 g/mol. The predicted molar refractivity (Wildman–Crippen MR) is 130 cm³/mol. The highest BCUT2D eigenvalue weighted by Gasteiger charge is 2.63. The van der Waals surface area contributed by atoms with E-state index in [0.717, 1.165) is 20.0 Å². The molecule has 184 valence electrons. The number of benzene rings is 1. The lowest BCUT2D eigenvalue weighted by Crippen LogP contribution is -2.45. The fraction of sp³-hybridized carbons (Fsp3) is 0.522. The molecule has 3 fully saturated rings. The number of likely N-dealkylation sites (tertiary alicyclic amines) is 3. The summed E-state index contributed by atoms with van der Waals surface area (Å²) in [6.45, 7) is 3.90. The first-order valence-electron chi connectivity index (χ1n) is 11.2. The van der Waals surface area contributed by atoms with E-state index in [1.165, 1.54) is 0 Å². The summed E-state index contributed by atoms with van der Waals surface area (Å²) >= 11 is 3.39. The lowest BCUT2D eigenvalue weighted by Gasteiger charge is -2.32. The second-order valence-electron chi connectivity index (χ2n) is 8.84. The van der Waals surface area contributed by atoms with Gasteiger partial charge < -0.3 is 10.2 Å². The molecule has 3 aliphatic rings. The molecule has 3 aliphatic heterocycles. The van der Waals surface area contributed by atoms with Gasteiger partial charge in [0.25, 0.3) is 0 Å². The van der Waals surface area contributed by atoms with Crippen LogP contribution >= 0.6 is 28.3 Å². The molecule has 1 atom stereocenters. The summed E-state index contributed by atoms with van der Waals surface area (Å²) in [6, 6.07) is 7.46. The van der Waals surface area contributed by atoms with Crippen LogP contribution in [0.15, 0.2) is 28.7 Å². The van der Waals surface area contributed by atoms with Crippen molar-refractivity contribution in [2.24, 2.45) is 11.3 Å². The van der Waals surface area contributed by atoms with Crippen molar-refractivity contribution in [1.29, 1.82) is 0 Å². The molecule has 34 heavy (non-hydrogen) atoms. The van der Waals surface area contributed by atoms with Crippen molar-refractivity contribution in [3.63, 3.8) is 0 Å². The van der Waals surface area contributed by atoms with Crippen LogP contribution in [0.1, 0.15) is 32.6 Å². The molecule has 1 N–H and O–H groups in total. The minimum absolute atomic E-state index is 0. The lowest BCUT2D eigenvalue weighted by atomic mass is 9.84. The third-order valence-electron chi connectivity index (χ3n) is 6.82. The predicted octanol–water partition coefficient (Wildman–Crippen LogP) is 2.05. The highest BCUT2D eigenvalue weighted by molar-refractivity contribution is 9.10. The molecule has 1 unspecified atom stereocenters. The van der Waals surface area contributed by atoms with Crippen LogP contribution in [-0.4, -0.2) is 77.0 Å². The highest BCUT2D eigenvalue weighted by Crippen LogP contribution is 2.43. The van der Waals surface area contributed by atoms with E-state index in [1.807, 2.05) is 24.3 Å². The van der Waals surface area contributed by atoms with E-state index in [4.69, 9.17) is 0 Å². The third-order valence-corrected chi connectivity index (χ3v) is 7.32. The second kappa shape index (κ2) is 10.5. The number of anilines is 1. The van der Waals surface area contributed by atoms with Gasteiger partial charge >= 0.3 is 0 Å². The van der Waals surface area contributed by atoms with Gasteiger partial charge in [-0.2, -0.15) is 0 Å². The Hall–Kier alpha value is -2.30. The molecular formula is C23H28BrClN4O5. The van der Waals surface area contributed by atoms with Gasteiger partial charge in [-0.1, -0.05) is 22.0 Å². The number of nitrogens with zero attached hydrogens (tertiary/aromatic N) is 3. The standard InChI is InChI=1S/C23H27BrN4O5.ClH/c1-2-27-18(29)13-23(21(27)32)14-19(30)28(22(23)33)11-10-26-8-6-15(7-9-26)20(31)25-17-5-3-4-16(24)12-17;/h3-5,12,15H,2,6-11,13-14H2,1H3,(H,25,31);1H. The maximum Gasteiger partial charge on any atom is 0.246 e. The minimum Gasteiger partial charge on any atom is -0.326 e. The Morgan fingerprint density at radius 3 is 2.24 bits per heavy atom. The highest BCUT2D eigenvalue weighted by atomic mass is 79.9. The maximum atomic E-state index is 13.0. The van der Waals surface area contributed by atoms with Gasteiger partial charge in [0.2, 0.25) is 29.5 Å². The number of carbonyl (C=O) groups is 5. The van der Waals surface area contributed by atoms with Gasteiger partial charge in [-0.25, -0.2) is 0 Å². The van der Waals surface area contributed by atoms with Crippen LogP contribution in [0.4, 0.5) is 5.69 Å². The lowest BCUT2D eigenvalue weighted by molar-refractivity contribution is -0.147. The molecule has 0 bridgehead atoms. The Morgan fingerprint density at radius 1 is 1.03 bits per heavy atom. The number of hydrogen-bond donors (Lipinski definition) is 1. The topological polar surface area (TPSA) is 107 Å². The molecule has 0 saturated carbocycles. The number of carbonyl (C=O) groups excluding carboxylic acids is 5. The second-order valence-corrected chi connectivity index (χ2v) is 9.76. The summed E-state index contributed by atoms with van der Waals surface area (Å²) in [5.74, 6) is -2.00. The van der Waals surface area contributed by atoms with E-state index in [-0.39, 0.29) is 50.2 Å². The smallest absolute Gasteiger partial charge is 0.246 e. The fourth-order valence-electron chi connectivity index (χ4n) is 4.92. The molecule has 1 aromatic carbocycles. The Bertz CT molecular complexity index is 1010. The normalized spacial score (nSPS) is 23.7. The van der Waals surface area contributed by atoms with Gasteiger partial charge in [0.05, 0.1) is 12.8 Å². The van der Waals surface area contributed by atoms with Crippen molar-refractivity contribution in [2.45, 2.75) is 32.6 Å². The van der Waals surface area contributed by atoms with Crippen LogP contribution in [0.2, 0.25) is 0 Å². The van der Waals surface area contributed by atoms with Crippen molar-refractivity contribution >= 4 is 63.6 Å². The van der Waals surface area contributed by atoms with E-state index in [1.54, 1.807) is 6.92 Å². The Kier molecular flexibility index (Phi) is 8.15. The molecule has 3 heterocycles. The average Bonchev–Trinajstić information content (AvgIpc) is 3.17. The van der Waals surface area contributed by atoms with Crippen LogP contribution in [0.5, 0.6) is 0 Å². The van der Waals surface area contributed by atoms with Crippen molar-refractivity contribution < 1.29 is 24.0 Å². The Balaban J connectivity index is 0.00000324. The molecule has 5 amide bonds. The van der Waals surface area contributed by atoms with E-state index in [2.05, 4.69) is 26.1 Å². The summed E-state index contributed by atoms with van der Waals surface area (Å²) in [5, 5.41) is 2.95. The van der Waals surface area contributed by atoms with Crippen molar-refractivity contribution in [1.82, 2.24) is 14.7 Å². The van der Waals surface area contributed by atoms with Crippen molar-refractivity contribution in [3.05, 3.63) is 28.7 Å². The molecule has 9 nitrogen and oxygen atoms in total. The molecule has 3 saturated heterocycles. The van der Waals surface area contributed by atoms with Gasteiger partial charge in [-0.15, -0.1) is 12.4 Å². The monoisotopic (exact) mass is 554 g/mol. The van der Waals surface area contributed by atoms with Crippen molar-refractivity contribution in [3.8, 4) is 0 Å². The molecule has 11 heteroatoms. The van der Waals surface area contributed by atoms with E-state index in [9.17, 15) is 24.0 Å². The third kappa shape index (κ3) is 4.89. The number of rotatable bonds is 6. The molecule has 0 radical (unpaired) electrons. The van der Waals surface area contributed by atoms with Crippen LogP contribution in [0, 0.1) is 11.3 Å². The van der Waals surface area contributed by atoms with E-state index >= 15 is 0 Å². The van der Waals surface area contributed by atoms with Crippen molar-refractivity contribution in [2.75, 3.05) is 38.0 Å². The van der Waals surface area contributed by atoms with Crippen LogP contribution in [0.3, 0.4) is 0 Å². The van der Waals surface area contributed by atoms with E-state index < -0.39 is 29.0 Å². The first-order chi connectivity index (χ1) is 15.7. The number of nitrogens with one attached hydrogen (secondary N) is 1. The summed E-state index contributed by atoms with van der Waals surface area (Å²) in [7, 11) is 0. The number of amides is 5. The molecule has 0 aromatic heterocycles. The number of piperidine rings is 1. The number of halogens is 2. The fourth-order valence-corrected chi connectivity index (χ4v) is 5.32. The molecule has 1 spiro atoms. The minimum atomic E-state index is -1.54. The molecule has 0 aliphatic carbocycles. The molecule has 1 aromatic rings. The van der Waals surface area contributed by atoms with Crippen LogP contribution in [0.25, 0.3) is 0 Å². The van der Waals surface area contributed by atoms with Gasteiger partial charge in [0, 0.05) is 35.7 Å². The Labute approximate surface area is 212 Å². The van der Waals surface area contributed by atoms with Crippen LogP contribution in [-0.2, 0) is 24.0 Å². The molecular weight excluding hydrogens is 528 g/mol. The summed E-state index contributed by atoms with van der Waals surface area (Å²) in [4.78, 5) is 67.3. The zero-order chi connectivity index (χ0) is 23.8. The summed E-state index contributed by atoms with van der Waals surface area (Å²) in [6.07, 6.45) is 0.915. The van der Waals surface area contributed by atoms with Gasteiger partial charge in [0.15, 0.2) is 0 Å². The number of imide groups is 2. The first-order valence-corrected chi connectivity index (χ1v) is 12.0. The van der Waals surface area contributed by atoms with E-state index in [0.29, 0.717) is 32.5 Å². The zero-order valence-electron chi connectivity index (χ0n) is 18.9. The SMILES string of the molecule is CCN1C(=O)CC2(CC(=O)N(CCN3CCC(C(=O)Nc4cccc(Br)c4)CC3)C2=O)C1=O.Cl. The summed E-state index contributed by atoms with van der Waals surface area (Å²) < 4.78 is 0.897. The largest absolute Gasteiger partial charge is 0.326 e. The van der Waals surface area contributed by atoms with Crippen LogP contribution < -0.4 is 5.32 Å². The van der Waals surface area contributed by atoms with Gasteiger partial charge in [0.1, 0.15) is 5.41 Å². The zero-order valence-corrected chi connectivity index (χ0v) is 21.3. The quantitative estimate of drug-likeness (QED) is 0.425. The number of hydrogen-bond acceptors (Lipinski definition) is 6.